The van der Waals surface area contributed by atoms with Gasteiger partial charge in [0.05, 0.1) is 0 Å². The first-order valence-electron chi connectivity index (χ1n) is 1.82. The topological polar surface area (TPSA) is 41.1 Å². The number of hydrazine groups is 1. The lowest BCUT2D eigenvalue weighted by Gasteiger charge is -1.95. The van der Waals surface area contributed by atoms with Gasteiger partial charge in [0.1, 0.15) is 0 Å². The fourth-order valence-electron chi connectivity index (χ4n) is 0.123. The van der Waals surface area contributed by atoms with Gasteiger partial charge in [-0.3, -0.25) is 10.2 Å². The zero-order chi connectivity index (χ0) is 5.70. The van der Waals surface area contributed by atoms with Crippen LogP contribution in [0.15, 0.2) is 0 Å². The second kappa shape index (κ2) is 3.95. The van der Waals surface area contributed by atoms with Crippen LogP contribution in [0.1, 0.15) is 6.92 Å². The van der Waals surface area contributed by atoms with Crippen molar-refractivity contribution < 1.29 is 4.79 Å². The molecule has 0 atom stereocenters. The van der Waals surface area contributed by atoms with Crippen molar-refractivity contribution in [3.63, 3.8) is 0 Å². The Morgan fingerprint density at radius 1 is 1.71 bits per heavy atom. The molecule has 2 N–H and O–H groups in total. The van der Waals surface area contributed by atoms with E-state index in [1.165, 1.54) is 18.9 Å². The molecule has 0 bridgehead atoms. The number of amides is 1. The lowest BCUT2D eigenvalue weighted by molar-refractivity contribution is -0.119. The molecule has 0 spiro atoms. The Morgan fingerprint density at radius 2 is 2.29 bits per heavy atom. The number of hydrogen-bond donors (Lipinski definition) is 2. The summed E-state index contributed by atoms with van der Waals surface area (Å²) in [7, 11) is 0. The van der Waals surface area contributed by atoms with Crippen molar-refractivity contribution in [2.75, 3.05) is 6.26 Å². The molecule has 0 aliphatic rings. The summed E-state index contributed by atoms with van der Waals surface area (Å²) in [6.45, 7) is 1.45. The van der Waals surface area contributed by atoms with Crippen molar-refractivity contribution in [1.82, 2.24) is 10.3 Å². The third-order valence-electron chi connectivity index (χ3n) is 0.329. The van der Waals surface area contributed by atoms with Crippen LogP contribution in [-0.4, -0.2) is 12.2 Å². The molecule has 0 saturated heterocycles. The Labute approximate surface area is 47.0 Å². The van der Waals surface area contributed by atoms with E-state index in [2.05, 4.69) is 10.3 Å². The number of hydrogen-bond acceptors (Lipinski definition) is 3. The molecule has 0 saturated carbocycles. The summed E-state index contributed by atoms with van der Waals surface area (Å²) in [5, 5.41) is 0. The van der Waals surface area contributed by atoms with Crippen LogP contribution in [0.5, 0.6) is 0 Å². The molecule has 7 heavy (non-hydrogen) atoms. The number of carbonyl (C=O) groups is 1. The van der Waals surface area contributed by atoms with E-state index in [0.29, 0.717) is 0 Å². The normalized spacial score (nSPS) is 8.29. The van der Waals surface area contributed by atoms with Gasteiger partial charge >= 0.3 is 0 Å². The van der Waals surface area contributed by atoms with Crippen molar-refractivity contribution in [3.8, 4) is 0 Å². The summed E-state index contributed by atoms with van der Waals surface area (Å²) in [6.07, 6.45) is 1.83. The molecule has 3 nitrogen and oxygen atoms in total. The van der Waals surface area contributed by atoms with Gasteiger partial charge in [-0.25, -0.2) is 0 Å². The summed E-state index contributed by atoms with van der Waals surface area (Å²) in [5.74, 6) is -0.0747. The van der Waals surface area contributed by atoms with Crippen molar-refractivity contribution in [2.24, 2.45) is 0 Å². The second-order valence-electron chi connectivity index (χ2n) is 0.987. The Balaban J connectivity index is 2.82. The summed E-state index contributed by atoms with van der Waals surface area (Å²) in [5.41, 5.74) is 2.37. The lowest BCUT2D eigenvalue weighted by Crippen LogP contribution is -2.29. The molecule has 0 aromatic carbocycles. The van der Waals surface area contributed by atoms with Gasteiger partial charge in [0, 0.05) is 6.92 Å². The third-order valence-corrected chi connectivity index (χ3v) is 0.635. The van der Waals surface area contributed by atoms with Gasteiger partial charge < -0.3 is 0 Å². The average molecular weight is 120 g/mol. The molecule has 0 radical (unpaired) electrons. The quantitative estimate of drug-likeness (QED) is 0.395. The molecule has 0 aromatic rings. The predicted molar refractivity (Wildman–Crippen MR) is 30.5 cm³/mol. The largest absolute Gasteiger partial charge is 0.282 e. The molecule has 0 fully saturated rings. The second-order valence-corrected chi connectivity index (χ2v) is 1.60. The highest BCUT2D eigenvalue weighted by molar-refractivity contribution is 7.96. The first kappa shape index (κ1) is 6.78. The van der Waals surface area contributed by atoms with Crippen molar-refractivity contribution in [1.29, 1.82) is 0 Å². The van der Waals surface area contributed by atoms with Crippen molar-refractivity contribution in [3.05, 3.63) is 0 Å². The number of rotatable bonds is 2. The van der Waals surface area contributed by atoms with E-state index < -0.39 is 0 Å². The van der Waals surface area contributed by atoms with Gasteiger partial charge in [-0.1, -0.05) is 11.9 Å². The molecule has 4 heteroatoms. The zero-order valence-corrected chi connectivity index (χ0v) is 5.13. The van der Waals surface area contributed by atoms with E-state index >= 15 is 0 Å². The standard InChI is InChI=1S/C3H8N2OS/c1-3(6)4-5-7-2/h5H,1-2H3,(H,4,6). The highest BCUT2D eigenvalue weighted by atomic mass is 32.2. The van der Waals surface area contributed by atoms with E-state index in [-0.39, 0.29) is 5.91 Å². The van der Waals surface area contributed by atoms with Crippen LogP contribution in [0, 0.1) is 0 Å². The maximum Gasteiger partial charge on any atom is 0.231 e. The number of carbonyl (C=O) groups excluding carboxylic acids is 1. The van der Waals surface area contributed by atoms with Crippen molar-refractivity contribution >= 4 is 17.9 Å². The van der Waals surface area contributed by atoms with Gasteiger partial charge in [-0.15, -0.1) is 0 Å². The monoisotopic (exact) mass is 120 g/mol. The first-order chi connectivity index (χ1) is 3.27. The van der Waals surface area contributed by atoms with Crippen LogP contribution in [0.25, 0.3) is 0 Å². The molecule has 0 aliphatic heterocycles. The fraction of sp³-hybridized carbons (Fsp3) is 0.667. The summed E-state index contributed by atoms with van der Waals surface area (Å²) >= 11 is 1.35. The molecular weight excluding hydrogens is 112 g/mol. The molecule has 1 amide bonds. The van der Waals surface area contributed by atoms with Gasteiger partial charge in [0.2, 0.25) is 5.91 Å². The third kappa shape index (κ3) is 5.78. The summed E-state index contributed by atoms with van der Waals surface area (Å²) in [4.78, 5) is 12.6. The van der Waals surface area contributed by atoms with Gasteiger partial charge in [-0.2, -0.15) is 4.83 Å². The highest BCUT2D eigenvalue weighted by Crippen LogP contribution is 1.73. The minimum atomic E-state index is -0.0747. The van der Waals surface area contributed by atoms with Crippen LogP contribution in [0.4, 0.5) is 0 Å². The molecule has 42 valence electrons. The number of nitrogens with one attached hydrogen (secondary N) is 2. The molecule has 0 aliphatic carbocycles. The van der Waals surface area contributed by atoms with Crippen LogP contribution in [0.2, 0.25) is 0 Å². The van der Waals surface area contributed by atoms with E-state index in [1.807, 2.05) is 6.26 Å². The minimum Gasteiger partial charge on any atom is -0.282 e. The smallest absolute Gasteiger partial charge is 0.231 e. The van der Waals surface area contributed by atoms with Crippen LogP contribution < -0.4 is 10.3 Å². The SMILES string of the molecule is CSNNC(C)=O. The van der Waals surface area contributed by atoms with E-state index in [4.69, 9.17) is 0 Å². The van der Waals surface area contributed by atoms with E-state index in [0.717, 1.165) is 0 Å². The van der Waals surface area contributed by atoms with Gasteiger partial charge in [0.25, 0.3) is 0 Å². The molecule has 0 rings (SSSR count). The van der Waals surface area contributed by atoms with Crippen molar-refractivity contribution in [2.45, 2.75) is 6.92 Å². The first-order valence-corrected chi connectivity index (χ1v) is 3.04. The van der Waals surface area contributed by atoms with Crippen LogP contribution in [-0.2, 0) is 4.79 Å². The van der Waals surface area contributed by atoms with Crippen LogP contribution >= 0.6 is 11.9 Å². The maximum absolute atomic E-state index is 10.0. The fourth-order valence-corrected chi connectivity index (χ4v) is 0.369. The average Bonchev–Trinajstić information content (AvgIpc) is 1.61. The van der Waals surface area contributed by atoms with E-state index in [9.17, 15) is 4.79 Å². The molecule has 0 aromatic heterocycles. The molecule has 0 unspecified atom stereocenters. The Kier molecular flexibility index (Phi) is 3.83. The summed E-state index contributed by atoms with van der Waals surface area (Å²) in [6, 6.07) is 0. The minimum absolute atomic E-state index is 0.0747. The predicted octanol–water partition coefficient (Wildman–Crippen LogP) is -0.0949. The lowest BCUT2D eigenvalue weighted by atomic mass is 10.8. The van der Waals surface area contributed by atoms with E-state index in [1.54, 1.807) is 0 Å². The highest BCUT2D eigenvalue weighted by Gasteiger charge is 1.81. The Hall–Kier alpha value is -0.220. The zero-order valence-electron chi connectivity index (χ0n) is 4.32. The molecule has 0 heterocycles. The van der Waals surface area contributed by atoms with Gasteiger partial charge in [0.15, 0.2) is 0 Å². The molecular formula is C3H8N2OS. The van der Waals surface area contributed by atoms with Crippen LogP contribution in [0.3, 0.4) is 0 Å². The Morgan fingerprint density at radius 3 is 2.43 bits per heavy atom. The maximum atomic E-state index is 10.0. The van der Waals surface area contributed by atoms with Gasteiger partial charge in [-0.05, 0) is 6.26 Å². The summed E-state index contributed by atoms with van der Waals surface area (Å²) < 4.78 is 0. The Bertz CT molecular complexity index is 66.0.